The van der Waals surface area contributed by atoms with Crippen LogP contribution in [0.4, 0.5) is 5.69 Å². The molecule has 84 valence electrons. The molecule has 0 aliphatic carbocycles. The molecule has 0 unspecified atom stereocenters. The minimum atomic E-state index is -3.17. The van der Waals surface area contributed by atoms with Gasteiger partial charge in [-0.05, 0) is 31.9 Å². The fraction of sp³-hybridized carbons (Fsp3) is 0.455. The molecule has 0 radical (unpaired) electrons. The summed E-state index contributed by atoms with van der Waals surface area (Å²) in [5.41, 5.74) is 2.76. The fourth-order valence-electron chi connectivity index (χ4n) is 1.42. The average molecular weight is 227 g/mol. The molecule has 0 saturated carbocycles. The first-order valence-corrected chi connectivity index (χ1v) is 6.67. The van der Waals surface area contributed by atoms with E-state index in [0.29, 0.717) is 12.1 Å². The SMILES string of the molecule is CCCS(=O)(=O)Nc1ccc(C)cc1C. The highest BCUT2D eigenvalue weighted by Crippen LogP contribution is 2.17. The van der Waals surface area contributed by atoms with Crippen LogP contribution in [0.3, 0.4) is 0 Å². The highest BCUT2D eigenvalue weighted by atomic mass is 32.2. The van der Waals surface area contributed by atoms with Crippen LogP contribution in [-0.4, -0.2) is 14.2 Å². The van der Waals surface area contributed by atoms with Crippen LogP contribution in [-0.2, 0) is 10.0 Å². The lowest BCUT2D eigenvalue weighted by molar-refractivity contribution is 0.600. The summed E-state index contributed by atoms with van der Waals surface area (Å²) in [6.45, 7) is 5.73. The lowest BCUT2D eigenvalue weighted by Gasteiger charge is -2.10. The van der Waals surface area contributed by atoms with E-state index >= 15 is 0 Å². The van der Waals surface area contributed by atoms with Crippen molar-refractivity contribution in [3.05, 3.63) is 29.3 Å². The van der Waals surface area contributed by atoms with E-state index in [0.717, 1.165) is 11.1 Å². The first-order chi connectivity index (χ1) is 6.94. The van der Waals surface area contributed by atoms with E-state index in [4.69, 9.17) is 0 Å². The molecular weight excluding hydrogens is 210 g/mol. The third kappa shape index (κ3) is 3.55. The predicted molar refractivity (Wildman–Crippen MR) is 63.6 cm³/mol. The molecule has 4 heteroatoms. The Hall–Kier alpha value is -1.03. The molecule has 0 amide bonds. The van der Waals surface area contributed by atoms with Crippen molar-refractivity contribution in [3.63, 3.8) is 0 Å². The third-order valence-electron chi connectivity index (χ3n) is 2.12. The topological polar surface area (TPSA) is 46.2 Å². The minimum Gasteiger partial charge on any atom is -0.283 e. The van der Waals surface area contributed by atoms with Crippen molar-refractivity contribution in [2.75, 3.05) is 10.5 Å². The minimum absolute atomic E-state index is 0.167. The van der Waals surface area contributed by atoms with Crippen molar-refractivity contribution < 1.29 is 8.42 Å². The van der Waals surface area contributed by atoms with Crippen LogP contribution in [0.25, 0.3) is 0 Å². The second-order valence-corrected chi connectivity index (χ2v) is 5.58. The van der Waals surface area contributed by atoms with Crippen LogP contribution in [0, 0.1) is 13.8 Å². The molecule has 0 aliphatic heterocycles. The van der Waals surface area contributed by atoms with Gasteiger partial charge in [0.1, 0.15) is 0 Å². The summed E-state index contributed by atoms with van der Waals surface area (Å²) < 4.78 is 25.6. The summed E-state index contributed by atoms with van der Waals surface area (Å²) in [5.74, 6) is 0.167. The second kappa shape index (κ2) is 4.66. The van der Waals surface area contributed by atoms with Crippen LogP contribution in [0.5, 0.6) is 0 Å². The highest BCUT2D eigenvalue weighted by molar-refractivity contribution is 7.92. The smallest absolute Gasteiger partial charge is 0.232 e. The van der Waals surface area contributed by atoms with E-state index < -0.39 is 10.0 Å². The molecule has 3 nitrogen and oxygen atoms in total. The molecule has 1 rings (SSSR count). The number of hydrogen-bond acceptors (Lipinski definition) is 2. The lowest BCUT2D eigenvalue weighted by atomic mass is 10.1. The maximum absolute atomic E-state index is 11.5. The fourth-order valence-corrected chi connectivity index (χ4v) is 2.62. The van der Waals surface area contributed by atoms with E-state index in [1.807, 2.05) is 32.9 Å². The number of nitrogens with one attached hydrogen (secondary N) is 1. The van der Waals surface area contributed by atoms with Gasteiger partial charge in [0, 0.05) is 0 Å². The molecule has 0 saturated heterocycles. The number of hydrogen-bond donors (Lipinski definition) is 1. The van der Waals surface area contributed by atoms with Crippen molar-refractivity contribution in [3.8, 4) is 0 Å². The Bertz CT molecular complexity index is 438. The maximum atomic E-state index is 11.5. The summed E-state index contributed by atoms with van der Waals surface area (Å²) in [7, 11) is -3.17. The van der Waals surface area contributed by atoms with Crippen molar-refractivity contribution in [1.29, 1.82) is 0 Å². The van der Waals surface area contributed by atoms with E-state index in [-0.39, 0.29) is 5.75 Å². The van der Waals surface area contributed by atoms with Gasteiger partial charge in [0.05, 0.1) is 11.4 Å². The molecule has 0 spiro atoms. The molecule has 0 atom stereocenters. The van der Waals surface area contributed by atoms with E-state index in [1.165, 1.54) is 0 Å². The number of sulfonamides is 1. The predicted octanol–water partition coefficient (Wildman–Crippen LogP) is 2.46. The van der Waals surface area contributed by atoms with Crippen molar-refractivity contribution >= 4 is 15.7 Å². The standard InChI is InChI=1S/C11H17NO2S/c1-4-7-15(13,14)12-11-6-5-9(2)8-10(11)3/h5-6,8,12H,4,7H2,1-3H3. The summed E-state index contributed by atoms with van der Waals surface area (Å²) in [4.78, 5) is 0. The number of rotatable bonds is 4. The Morgan fingerprint density at radius 3 is 2.47 bits per heavy atom. The first kappa shape index (κ1) is 12.0. The maximum Gasteiger partial charge on any atom is 0.232 e. The molecule has 0 heterocycles. The molecule has 1 aromatic rings. The number of benzene rings is 1. The third-order valence-corrected chi connectivity index (χ3v) is 3.60. The Labute approximate surface area is 91.6 Å². The van der Waals surface area contributed by atoms with Crippen LogP contribution in [0.2, 0.25) is 0 Å². The summed E-state index contributed by atoms with van der Waals surface area (Å²) in [5, 5.41) is 0. The van der Waals surface area contributed by atoms with Crippen LogP contribution in [0.1, 0.15) is 24.5 Å². The van der Waals surface area contributed by atoms with Gasteiger partial charge in [-0.2, -0.15) is 0 Å². The molecule has 1 aromatic carbocycles. The Balaban J connectivity index is 2.90. The molecule has 1 N–H and O–H groups in total. The van der Waals surface area contributed by atoms with E-state index in [9.17, 15) is 8.42 Å². The monoisotopic (exact) mass is 227 g/mol. The quantitative estimate of drug-likeness (QED) is 0.858. The Kier molecular flexibility index (Phi) is 3.74. The summed E-state index contributed by atoms with van der Waals surface area (Å²) in [6, 6.07) is 5.67. The summed E-state index contributed by atoms with van der Waals surface area (Å²) >= 11 is 0. The van der Waals surface area contributed by atoms with Gasteiger partial charge in [-0.25, -0.2) is 8.42 Å². The zero-order valence-corrected chi connectivity index (χ0v) is 10.2. The van der Waals surface area contributed by atoms with Gasteiger partial charge in [-0.3, -0.25) is 4.72 Å². The van der Waals surface area contributed by atoms with Gasteiger partial charge in [0.2, 0.25) is 10.0 Å². The lowest BCUT2D eigenvalue weighted by Crippen LogP contribution is -2.16. The van der Waals surface area contributed by atoms with Gasteiger partial charge < -0.3 is 0 Å². The Morgan fingerprint density at radius 2 is 1.93 bits per heavy atom. The first-order valence-electron chi connectivity index (χ1n) is 5.02. The molecule has 0 aliphatic rings. The van der Waals surface area contributed by atoms with Gasteiger partial charge >= 0.3 is 0 Å². The number of aryl methyl sites for hydroxylation is 2. The van der Waals surface area contributed by atoms with Crippen LogP contribution < -0.4 is 4.72 Å². The average Bonchev–Trinajstić information content (AvgIpc) is 2.09. The highest BCUT2D eigenvalue weighted by Gasteiger charge is 2.09. The zero-order valence-electron chi connectivity index (χ0n) is 9.37. The van der Waals surface area contributed by atoms with Gasteiger partial charge in [0.15, 0.2) is 0 Å². The van der Waals surface area contributed by atoms with Crippen molar-refractivity contribution in [1.82, 2.24) is 0 Å². The van der Waals surface area contributed by atoms with Gasteiger partial charge in [-0.15, -0.1) is 0 Å². The molecular formula is C11H17NO2S. The van der Waals surface area contributed by atoms with Gasteiger partial charge in [0.25, 0.3) is 0 Å². The van der Waals surface area contributed by atoms with Gasteiger partial charge in [-0.1, -0.05) is 24.6 Å². The normalized spacial score (nSPS) is 11.4. The number of anilines is 1. The van der Waals surface area contributed by atoms with E-state index in [2.05, 4.69) is 4.72 Å². The van der Waals surface area contributed by atoms with Crippen LogP contribution >= 0.6 is 0 Å². The molecule has 0 fully saturated rings. The molecule has 0 aromatic heterocycles. The second-order valence-electron chi connectivity index (χ2n) is 3.74. The zero-order chi connectivity index (χ0) is 11.5. The summed E-state index contributed by atoms with van der Waals surface area (Å²) in [6.07, 6.45) is 0.625. The molecule has 0 bridgehead atoms. The largest absolute Gasteiger partial charge is 0.283 e. The van der Waals surface area contributed by atoms with Crippen molar-refractivity contribution in [2.24, 2.45) is 0 Å². The van der Waals surface area contributed by atoms with Crippen molar-refractivity contribution in [2.45, 2.75) is 27.2 Å². The Morgan fingerprint density at radius 1 is 1.27 bits per heavy atom. The van der Waals surface area contributed by atoms with E-state index in [1.54, 1.807) is 6.07 Å². The van der Waals surface area contributed by atoms with Crippen LogP contribution in [0.15, 0.2) is 18.2 Å². The molecule has 15 heavy (non-hydrogen) atoms.